The number of hydrogen-bond donors (Lipinski definition) is 1. The molecule has 1 N–H and O–H groups in total. The van der Waals surface area contributed by atoms with Gasteiger partial charge >= 0.3 is 0 Å². The first-order valence-corrected chi connectivity index (χ1v) is 8.35. The van der Waals surface area contributed by atoms with Crippen molar-refractivity contribution in [1.29, 1.82) is 0 Å². The van der Waals surface area contributed by atoms with Crippen molar-refractivity contribution < 1.29 is 13.5 Å². The highest BCUT2D eigenvalue weighted by molar-refractivity contribution is 7.91. The summed E-state index contributed by atoms with van der Waals surface area (Å²) in [4.78, 5) is 0. The quantitative estimate of drug-likeness (QED) is 0.842. The molecule has 1 fully saturated rings. The molecule has 3 unspecified atom stereocenters. The Labute approximate surface area is 108 Å². The summed E-state index contributed by atoms with van der Waals surface area (Å²) in [6.07, 6.45) is 2.08. The van der Waals surface area contributed by atoms with Crippen LogP contribution in [0.2, 0.25) is 0 Å². The first-order chi connectivity index (χ1) is 8.57. The molecule has 0 radical (unpaired) electrons. The molecule has 0 aromatic heterocycles. The number of aliphatic hydroxyl groups excluding tert-OH is 1. The van der Waals surface area contributed by atoms with Crippen molar-refractivity contribution in [1.82, 2.24) is 0 Å². The van der Waals surface area contributed by atoms with Crippen LogP contribution in [0.15, 0.2) is 24.3 Å². The fourth-order valence-electron chi connectivity index (χ4n) is 3.42. The smallest absolute Gasteiger partial charge is 0.150 e. The van der Waals surface area contributed by atoms with Crippen molar-refractivity contribution in [3.05, 3.63) is 35.4 Å². The van der Waals surface area contributed by atoms with Gasteiger partial charge in [-0.05, 0) is 42.2 Å². The van der Waals surface area contributed by atoms with Crippen LogP contribution in [-0.2, 0) is 16.3 Å². The van der Waals surface area contributed by atoms with Crippen LogP contribution in [0.4, 0.5) is 0 Å². The number of aliphatic hydroxyl groups is 1. The van der Waals surface area contributed by atoms with Crippen LogP contribution >= 0.6 is 0 Å². The summed E-state index contributed by atoms with van der Waals surface area (Å²) < 4.78 is 23.1. The predicted octanol–water partition coefficient (Wildman–Crippen LogP) is 1.72. The Hall–Kier alpha value is -0.870. The van der Waals surface area contributed by atoms with Gasteiger partial charge in [0.1, 0.15) is 0 Å². The minimum Gasteiger partial charge on any atom is -0.388 e. The number of fused-ring (bicyclic) bond motifs is 1. The zero-order chi connectivity index (χ0) is 12.8. The van der Waals surface area contributed by atoms with Crippen LogP contribution in [0.25, 0.3) is 0 Å². The molecule has 1 aromatic carbocycles. The van der Waals surface area contributed by atoms with Gasteiger partial charge in [0.2, 0.25) is 0 Å². The summed E-state index contributed by atoms with van der Waals surface area (Å²) in [5, 5.41) is 10.5. The summed E-state index contributed by atoms with van der Waals surface area (Å²) in [6, 6.07) is 7.96. The molecule has 3 atom stereocenters. The van der Waals surface area contributed by atoms with Gasteiger partial charge in [-0.1, -0.05) is 24.3 Å². The molecule has 0 spiro atoms. The predicted molar refractivity (Wildman–Crippen MR) is 70.0 cm³/mol. The minimum absolute atomic E-state index is 0.108. The largest absolute Gasteiger partial charge is 0.388 e. The second kappa shape index (κ2) is 4.35. The van der Waals surface area contributed by atoms with E-state index in [1.807, 2.05) is 18.2 Å². The molecular weight excluding hydrogens is 248 g/mol. The van der Waals surface area contributed by atoms with Gasteiger partial charge in [-0.15, -0.1) is 0 Å². The lowest BCUT2D eigenvalue weighted by Crippen LogP contribution is -2.28. The molecule has 0 saturated carbocycles. The van der Waals surface area contributed by atoms with E-state index in [4.69, 9.17) is 0 Å². The Balaban J connectivity index is 1.85. The molecule has 0 bridgehead atoms. The second-order valence-corrected chi connectivity index (χ2v) is 7.74. The average molecular weight is 266 g/mol. The maximum atomic E-state index is 11.6. The third-order valence-electron chi connectivity index (χ3n) is 4.40. The summed E-state index contributed by atoms with van der Waals surface area (Å²) >= 11 is 0. The van der Waals surface area contributed by atoms with E-state index in [0.717, 1.165) is 18.4 Å². The molecular formula is C14H18O3S. The molecule has 2 aliphatic rings. The van der Waals surface area contributed by atoms with Gasteiger partial charge in [-0.2, -0.15) is 0 Å². The van der Waals surface area contributed by atoms with Gasteiger partial charge < -0.3 is 5.11 Å². The number of hydrogen-bond acceptors (Lipinski definition) is 3. The van der Waals surface area contributed by atoms with Crippen LogP contribution in [0, 0.1) is 11.8 Å². The van der Waals surface area contributed by atoms with E-state index in [2.05, 4.69) is 6.07 Å². The highest BCUT2D eigenvalue weighted by Crippen LogP contribution is 2.41. The fraction of sp³-hybridized carbons (Fsp3) is 0.571. The monoisotopic (exact) mass is 266 g/mol. The lowest BCUT2D eigenvalue weighted by Gasteiger charge is -2.33. The van der Waals surface area contributed by atoms with E-state index in [0.29, 0.717) is 12.2 Å². The molecule has 0 amide bonds. The number of sulfone groups is 1. The van der Waals surface area contributed by atoms with E-state index in [1.165, 1.54) is 5.56 Å². The molecule has 3 rings (SSSR count). The summed E-state index contributed by atoms with van der Waals surface area (Å²) in [5.74, 6) is 0.801. The van der Waals surface area contributed by atoms with Crippen LogP contribution in [0.3, 0.4) is 0 Å². The Bertz CT molecular complexity index is 550. The lowest BCUT2D eigenvalue weighted by molar-refractivity contribution is 0.0639. The topological polar surface area (TPSA) is 54.4 Å². The van der Waals surface area contributed by atoms with Gasteiger partial charge in [-0.3, -0.25) is 0 Å². The Kier molecular flexibility index (Phi) is 2.94. The highest BCUT2D eigenvalue weighted by Gasteiger charge is 2.39. The molecule has 98 valence electrons. The highest BCUT2D eigenvalue weighted by atomic mass is 32.2. The van der Waals surface area contributed by atoms with Crippen molar-refractivity contribution in [2.24, 2.45) is 11.8 Å². The van der Waals surface area contributed by atoms with Crippen molar-refractivity contribution in [3.63, 3.8) is 0 Å². The molecule has 1 saturated heterocycles. The summed E-state index contributed by atoms with van der Waals surface area (Å²) in [7, 11) is -2.86. The van der Waals surface area contributed by atoms with Gasteiger partial charge in [0.25, 0.3) is 0 Å². The van der Waals surface area contributed by atoms with Crippen LogP contribution < -0.4 is 0 Å². The zero-order valence-corrected chi connectivity index (χ0v) is 11.1. The summed E-state index contributed by atoms with van der Waals surface area (Å²) in [6.45, 7) is 0. The zero-order valence-electron chi connectivity index (χ0n) is 10.2. The molecule has 3 nitrogen and oxygen atoms in total. The van der Waals surface area contributed by atoms with E-state index < -0.39 is 15.9 Å². The normalized spacial score (nSPS) is 34.2. The number of benzene rings is 1. The SMILES string of the molecule is O=S1(=O)CCC(C2CCc3ccccc3C2O)C1. The molecule has 18 heavy (non-hydrogen) atoms. The molecule has 1 heterocycles. The first-order valence-electron chi connectivity index (χ1n) is 6.53. The van der Waals surface area contributed by atoms with Crippen molar-refractivity contribution >= 4 is 9.84 Å². The van der Waals surface area contributed by atoms with Gasteiger partial charge in [-0.25, -0.2) is 8.42 Å². The lowest BCUT2D eigenvalue weighted by atomic mass is 9.75. The minimum atomic E-state index is -2.86. The second-order valence-electron chi connectivity index (χ2n) is 5.51. The van der Waals surface area contributed by atoms with Crippen LogP contribution in [0.5, 0.6) is 0 Å². The van der Waals surface area contributed by atoms with Gasteiger partial charge in [0, 0.05) is 0 Å². The molecule has 1 aliphatic heterocycles. The van der Waals surface area contributed by atoms with E-state index in [1.54, 1.807) is 0 Å². The van der Waals surface area contributed by atoms with Crippen LogP contribution in [-0.4, -0.2) is 25.0 Å². The van der Waals surface area contributed by atoms with Crippen molar-refractivity contribution in [3.8, 4) is 0 Å². The van der Waals surface area contributed by atoms with E-state index >= 15 is 0 Å². The van der Waals surface area contributed by atoms with Gasteiger partial charge in [0.05, 0.1) is 17.6 Å². The van der Waals surface area contributed by atoms with Crippen molar-refractivity contribution in [2.75, 3.05) is 11.5 Å². The maximum absolute atomic E-state index is 11.6. The molecule has 1 aromatic rings. The first kappa shape index (κ1) is 12.2. The Morgan fingerprint density at radius 1 is 1.17 bits per heavy atom. The van der Waals surface area contributed by atoms with Crippen molar-refractivity contribution in [2.45, 2.75) is 25.4 Å². The molecule has 1 aliphatic carbocycles. The van der Waals surface area contributed by atoms with E-state index in [-0.39, 0.29) is 17.6 Å². The summed E-state index contributed by atoms with van der Waals surface area (Å²) in [5.41, 5.74) is 2.21. The number of aryl methyl sites for hydroxylation is 1. The third kappa shape index (κ3) is 2.08. The Morgan fingerprint density at radius 2 is 1.94 bits per heavy atom. The van der Waals surface area contributed by atoms with Gasteiger partial charge in [0.15, 0.2) is 9.84 Å². The van der Waals surface area contributed by atoms with Crippen LogP contribution in [0.1, 0.15) is 30.1 Å². The number of rotatable bonds is 1. The average Bonchev–Trinajstić information content (AvgIpc) is 2.70. The molecule has 4 heteroatoms. The maximum Gasteiger partial charge on any atom is 0.150 e. The standard InChI is InChI=1S/C14H18O3S/c15-14-12-4-2-1-3-10(12)5-6-13(14)11-7-8-18(16,17)9-11/h1-4,11,13-15H,5-9H2. The third-order valence-corrected chi connectivity index (χ3v) is 6.19. The Morgan fingerprint density at radius 3 is 2.67 bits per heavy atom. The van der Waals surface area contributed by atoms with E-state index in [9.17, 15) is 13.5 Å². The fourth-order valence-corrected chi connectivity index (χ4v) is 5.31.